The molecule has 0 atom stereocenters. The van der Waals surface area contributed by atoms with Gasteiger partial charge in [0.05, 0.1) is 5.39 Å². The zero-order valence-corrected chi connectivity index (χ0v) is 14.8. The van der Waals surface area contributed by atoms with E-state index in [1.165, 1.54) is 0 Å². The number of carbonyl (C=O) groups excluding carboxylic acids is 1. The first kappa shape index (κ1) is 17.3. The summed E-state index contributed by atoms with van der Waals surface area (Å²) in [6.07, 6.45) is 1.22. The second-order valence-electron chi connectivity index (χ2n) is 7.33. The molecule has 7 nitrogen and oxygen atoms in total. The minimum Gasteiger partial charge on any atom is -0.444 e. The predicted molar refractivity (Wildman–Crippen MR) is 97.0 cm³/mol. The van der Waals surface area contributed by atoms with Gasteiger partial charge in [-0.3, -0.25) is 4.79 Å². The van der Waals surface area contributed by atoms with Crippen molar-refractivity contribution in [3.05, 3.63) is 34.6 Å². The third-order valence-corrected chi connectivity index (χ3v) is 4.19. The van der Waals surface area contributed by atoms with Gasteiger partial charge in [-0.15, -0.1) is 0 Å². The van der Waals surface area contributed by atoms with Gasteiger partial charge in [0.25, 0.3) is 5.56 Å². The van der Waals surface area contributed by atoms with E-state index in [2.05, 4.69) is 20.4 Å². The highest BCUT2D eigenvalue weighted by Gasteiger charge is 2.25. The van der Waals surface area contributed by atoms with Gasteiger partial charge in [-0.1, -0.05) is 18.2 Å². The number of aromatic amines is 1. The zero-order chi connectivity index (χ0) is 18.0. The van der Waals surface area contributed by atoms with Crippen LogP contribution >= 0.6 is 0 Å². The summed E-state index contributed by atoms with van der Waals surface area (Å²) in [6, 6.07) is 7.55. The Balaban J connectivity index is 1.66. The molecule has 0 saturated carbocycles. The van der Waals surface area contributed by atoms with Crippen LogP contribution in [0.3, 0.4) is 0 Å². The van der Waals surface area contributed by atoms with Crippen molar-refractivity contribution >= 4 is 22.7 Å². The number of nitrogens with zero attached hydrogens (tertiary/aromatic N) is 2. The molecule has 0 radical (unpaired) electrons. The number of alkyl carbamates (subject to hydrolysis) is 1. The molecule has 0 bridgehead atoms. The number of hydrogen-bond donors (Lipinski definition) is 2. The largest absolute Gasteiger partial charge is 0.444 e. The number of anilines is 1. The molecule has 134 valence electrons. The van der Waals surface area contributed by atoms with Crippen molar-refractivity contribution in [2.24, 2.45) is 0 Å². The smallest absolute Gasteiger partial charge is 0.407 e. The summed E-state index contributed by atoms with van der Waals surface area (Å²) in [5, 5.41) is 11.2. The van der Waals surface area contributed by atoms with E-state index in [0.717, 1.165) is 37.1 Å². The van der Waals surface area contributed by atoms with Crippen LogP contribution in [0.4, 0.5) is 10.6 Å². The van der Waals surface area contributed by atoms with E-state index in [1.54, 1.807) is 6.07 Å². The number of H-pyrrole nitrogens is 1. The number of hydrogen-bond acceptors (Lipinski definition) is 5. The molecule has 1 amide bonds. The van der Waals surface area contributed by atoms with Gasteiger partial charge in [0, 0.05) is 24.5 Å². The van der Waals surface area contributed by atoms with Crippen molar-refractivity contribution in [1.29, 1.82) is 0 Å². The van der Waals surface area contributed by atoms with E-state index >= 15 is 0 Å². The lowest BCUT2D eigenvalue weighted by Gasteiger charge is -2.33. The Morgan fingerprint density at radius 1 is 1.24 bits per heavy atom. The van der Waals surface area contributed by atoms with Gasteiger partial charge in [0.15, 0.2) is 5.82 Å². The summed E-state index contributed by atoms with van der Waals surface area (Å²) in [6.45, 7) is 7.05. The van der Waals surface area contributed by atoms with Crippen molar-refractivity contribution in [1.82, 2.24) is 15.5 Å². The van der Waals surface area contributed by atoms with Crippen molar-refractivity contribution in [3.63, 3.8) is 0 Å². The lowest BCUT2D eigenvalue weighted by molar-refractivity contribution is 0.0497. The number of fused-ring (bicyclic) bond motifs is 1. The summed E-state index contributed by atoms with van der Waals surface area (Å²) < 4.78 is 5.31. The summed E-state index contributed by atoms with van der Waals surface area (Å²) in [4.78, 5) is 25.9. The maximum absolute atomic E-state index is 11.9. The van der Waals surface area contributed by atoms with Crippen LogP contribution in [0.15, 0.2) is 29.1 Å². The Bertz CT molecular complexity index is 817. The van der Waals surface area contributed by atoms with E-state index in [0.29, 0.717) is 5.39 Å². The van der Waals surface area contributed by atoms with E-state index in [1.807, 2.05) is 39.0 Å². The highest BCUT2D eigenvalue weighted by Crippen LogP contribution is 2.24. The van der Waals surface area contributed by atoms with Gasteiger partial charge >= 0.3 is 6.09 Å². The normalized spacial score (nSPS) is 16.0. The molecule has 1 aliphatic rings. The first-order chi connectivity index (χ1) is 11.8. The van der Waals surface area contributed by atoms with E-state index < -0.39 is 5.60 Å². The Kier molecular flexibility index (Phi) is 4.65. The number of carbonyl (C=O) groups is 1. The van der Waals surface area contributed by atoms with Crippen LogP contribution in [-0.2, 0) is 4.74 Å². The molecule has 0 unspecified atom stereocenters. The molecule has 7 heteroatoms. The summed E-state index contributed by atoms with van der Waals surface area (Å²) in [7, 11) is 0. The molecule has 1 saturated heterocycles. The molecular formula is C18H24N4O3. The number of rotatable bonds is 2. The molecule has 2 N–H and O–H groups in total. The second-order valence-corrected chi connectivity index (χ2v) is 7.33. The molecule has 0 aliphatic carbocycles. The van der Waals surface area contributed by atoms with Crippen LogP contribution < -0.4 is 15.8 Å². The average Bonchev–Trinajstić information content (AvgIpc) is 2.55. The minimum atomic E-state index is -0.496. The number of ether oxygens (including phenoxy) is 1. The second kappa shape index (κ2) is 6.74. The molecule has 1 aliphatic heterocycles. The van der Waals surface area contributed by atoms with Crippen LogP contribution in [0.25, 0.3) is 10.8 Å². The van der Waals surface area contributed by atoms with Crippen molar-refractivity contribution in [2.45, 2.75) is 45.3 Å². The van der Waals surface area contributed by atoms with Crippen molar-refractivity contribution in [2.75, 3.05) is 18.0 Å². The quantitative estimate of drug-likeness (QED) is 0.873. The maximum Gasteiger partial charge on any atom is 0.407 e. The summed E-state index contributed by atoms with van der Waals surface area (Å²) >= 11 is 0. The SMILES string of the molecule is CC(C)(C)OC(=O)NC1CCN(c2n[nH]c(=O)c3ccccc23)CC1. The van der Waals surface area contributed by atoms with Crippen LogP contribution in [-0.4, -0.2) is 41.0 Å². The van der Waals surface area contributed by atoms with Crippen LogP contribution in [0.2, 0.25) is 0 Å². The number of amides is 1. The van der Waals surface area contributed by atoms with Gasteiger partial charge in [0.2, 0.25) is 0 Å². The topological polar surface area (TPSA) is 87.3 Å². The molecular weight excluding hydrogens is 320 g/mol. The Morgan fingerprint density at radius 3 is 2.52 bits per heavy atom. The highest BCUT2D eigenvalue weighted by atomic mass is 16.6. The first-order valence-electron chi connectivity index (χ1n) is 8.55. The lowest BCUT2D eigenvalue weighted by atomic mass is 10.0. The van der Waals surface area contributed by atoms with E-state index in [4.69, 9.17) is 4.74 Å². The Hall–Kier alpha value is -2.57. The number of nitrogens with one attached hydrogen (secondary N) is 2. The highest BCUT2D eigenvalue weighted by molar-refractivity contribution is 5.91. The fourth-order valence-electron chi connectivity index (χ4n) is 3.05. The van der Waals surface area contributed by atoms with Gasteiger partial charge in [-0.05, 0) is 39.7 Å². The third kappa shape index (κ3) is 4.10. The monoisotopic (exact) mass is 344 g/mol. The predicted octanol–water partition coefficient (Wildman–Crippen LogP) is 2.42. The molecule has 2 aromatic rings. The molecule has 2 heterocycles. The zero-order valence-electron chi connectivity index (χ0n) is 14.8. The molecule has 1 aromatic heterocycles. The fourth-order valence-corrected chi connectivity index (χ4v) is 3.05. The van der Waals surface area contributed by atoms with Gasteiger partial charge < -0.3 is 15.0 Å². The maximum atomic E-state index is 11.9. The first-order valence-corrected chi connectivity index (χ1v) is 8.55. The number of aromatic nitrogens is 2. The third-order valence-electron chi connectivity index (χ3n) is 4.19. The van der Waals surface area contributed by atoms with Crippen molar-refractivity contribution < 1.29 is 9.53 Å². The molecule has 1 fully saturated rings. The average molecular weight is 344 g/mol. The minimum absolute atomic E-state index is 0.0834. The van der Waals surface area contributed by atoms with E-state index in [9.17, 15) is 9.59 Å². The number of benzene rings is 1. The Labute approximate surface area is 146 Å². The van der Waals surface area contributed by atoms with Crippen molar-refractivity contribution in [3.8, 4) is 0 Å². The van der Waals surface area contributed by atoms with Crippen LogP contribution in [0.1, 0.15) is 33.6 Å². The lowest BCUT2D eigenvalue weighted by Crippen LogP contribution is -2.46. The molecule has 1 aromatic carbocycles. The van der Waals surface area contributed by atoms with Crippen LogP contribution in [0.5, 0.6) is 0 Å². The summed E-state index contributed by atoms with van der Waals surface area (Å²) in [5.74, 6) is 0.783. The standard InChI is InChI=1S/C18H24N4O3/c1-18(2,3)25-17(24)19-12-8-10-22(11-9-12)15-13-6-4-5-7-14(13)16(23)21-20-15/h4-7,12H,8-11H2,1-3H3,(H,19,24)(H,21,23). The summed E-state index contributed by atoms with van der Waals surface area (Å²) in [5.41, 5.74) is -0.676. The number of piperidine rings is 1. The van der Waals surface area contributed by atoms with Gasteiger partial charge in [-0.25, -0.2) is 9.89 Å². The molecule has 25 heavy (non-hydrogen) atoms. The van der Waals surface area contributed by atoms with Gasteiger partial charge in [-0.2, -0.15) is 5.10 Å². The van der Waals surface area contributed by atoms with E-state index in [-0.39, 0.29) is 17.7 Å². The molecule has 0 spiro atoms. The van der Waals surface area contributed by atoms with Gasteiger partial charge in [0.1, 0.15) is 5.60 Å². The molecule has 3 rings (SSSR count). The Morgan fingerprint density at radius 2 is 1.88 bits per heavy atom. The fraction of sp³-hybridized carbons (Fsp3) is 0.500. The van der Waals surface area contributed by atoms with Crippen LogP contribution in [0, 0.1) is 0 Å².